The Bertz CT molecular complexity index is 499. The van der Waals surface area contributed by atoms with Crippen molar-refractivity contribution < 1.29 is 4.74 Å². The molecule has 0 heterocycles. The van der Waals surface area contributed by atoms with Crippen molar-refractivity contribution in [2.45, 2.75) is 12.6 Å². The summed E-state index contributed by atoms with van der Waals surface area (Å²) in [5.41, 5.74) is 8.26. The maximum atomic E-state index is 5.86. The summed E-state index contributed by atoms with van der Waals surface area (Å²) >= 11 is 0. The van der Waals surface area contributed by atoms with Crippen molar-refractivity contribution in [1.29, 1.82) is 0 Å². The number of ether oxygens (including phenoxy) is 1. The van der Waals surface area contributed by atoms with Crippen LogP contribution < -0.4 is 15.8 Å². The summed E-state index contributed by atoms with van der Waals surface area (Å²) in [6.45, 7) is 1.36. The molecule has 0 aliphatic carbocycles. The zero-order valence-corrected chi connectivity index (χ0v) is 11.2. The fourth-order valence-corrected chi connectivity index (χ4v) is 2.03. The molecule has 0 aliphatic heterocycles. The monoisotopic (exact) mass is 256 g/mol. The first kappa shape index (κ1) is 13.6. The number of nitrogens with two attached hydrogens (primary N) is 1. The molecule has 0 aromatic heterocycles. The fourth-order valence-electron chi connectivity index (χ4n) is 2.03. The lowest BCUT2D eigenvalue weighted by molar-refractivity contribution is 0.413. The van der Waals surface area contributed by atoms with Crippen LogP contribution >= 0.6 is 0 Å². The molecular formula is C16H20N2O. The highest BCUT2D eigenvalue weighted by Gasteiger charge is 2.09. The molecule has 19 heavy (non-hydrogen) atoms. The van der Waals surface area contributed by atoms with Crippen molar-refractivity contribution in [2.75, 3.05) is 13.7 Å². The van der Waals surface area contributed by atoms with Crippen molar-refractivity contribution in [3.63, 3.8) is 0 Å². The molecule has 3 nitrogen and oxygen atoms in total. The zero-order chi connectivity index (χ0) is 13.5. The molecule has 1 unspecified atom stereocenters. The second-order valence-electron chi connectivity index (χ2n) is 4.43. The minimum Gasteiger partial charge on any atom is -0.497 e. The predicted octanol–water partition coefficient (Wildman–Crippen LogP) is 2.48. The Balaban J connectivity index is 2.03. The molecule has 100 valence electrons. The average Bonchev–Trinajstić information content (AvgIpc) is 2.49. The van der Waals surface area contributed by atoms with E-state index in [1.807, 2.05) is 36.4 Å². The van der Waals surface area contributed by atoms with E-state index in [1.165, 1.54) is 5.56 Å². The Labute approximate surface area is 114 Å². The molecule has 0 aliphatic rings. The molecule has 0 bridgehead atoms. The van der Waals surface area contributed by atoms with Gasteiger partial charge in [-0.15, -0.1) is 0 Å². The molecule has 0 saturated carbocycles. The quantitative estimate of drug-likeness (QED) is 0.834. The number of methoxy groups -OCH3 is 1. The maximum absolute atomic E-state index is 5.86. The summed E-state index contributed by atoms with van der Waals surface area (Å²) < 4.78 is 5.24. The Hall–Kier alpha value is -1.84. The third kappa shape index (κ3) is 3.81. The van der Waals surface area contributed by atoms with Gasteiger partial charge in [0.1, 0.15) is 5.75 Å². The van der Waals surface area contributed by atoms with E-state index in [0.717, 1.165) is 17.9 Å². The molecule has 3 N–H and O–H groups in total. The van der Waals surface area contributed by atoms with Crippen LogP contribution in [0.2, 0.25) is 0 Å². The van der Waals surface area contributed by atoms with Gasteiger partial charge in [-0.25, -0.2) is 0 Å². The highest BCUT2D eigenvalue weighted by atomic mass is 16.5. The van der Waals surface area contributed by atoms with Gasteiger partial charge in [0.2, 0.25) is 0 Å². The number of rotatable bonds is 6. The minimum atomic E-state index is 0.135. The summed E-state index contributed by atoms with van der Waals surface area (Å²) in [7, 11) is 1.67. The van der Waals surface area contributed by atoms with Crippen LogP contribution in [0.5, 0.6) is 5.75 Å². The van der Waals surface area contributed by atoms with E-state index < -0.39 is 0 Å². The first-order valence-corrected chi connectivity index (χ1v) is 6.45. The van der Waals surface area contributed by atoms with Crippen LogP contribution in [0.4, 0.5) is 0 Å². The van der Waals surface area contributed by atoms with E-state index in [-0.39, 0.29) is 6.04 Å². The largest absolute Gasteiger partial charge is 0.497 e. The van der Waals surface area contributed by atoms with Gasteiger partial charge in [-0.05, 0) is 23.3 Å². The first-order valence-electron chi connectivity index (χ1n) is 6.45. The van der Waals surface area contributed by atoms with Gasteiger partial charge in [0.25, 0.3) is 0 Å². The van der Waals surface area contributed by atoms with E-state index in [9.17, 15) is 0 Å². The lowest BCUT2D eigenvalue weighted by Gasteiger charge is -2.18. The molecule has 1 atom stereocenters. The van der Waals surface area contributed by atoms with Gasteiger partial charge in [0.15, 0.2) is 0 Å². The van der Waals surface area contributed by atoms with Crippen molar-refractivity contribution in [2.24, 2.45) is 5.73 Å². The van der Waals surface area contributed by atoms with Crippen molar-refractivity contribution in [3.05, 3.63) is 65.7 Å². The lowest BCUT2D eigenvalue weighted by atomic mass is 10.1. The average molecular weight is 256 g/mol. The maximum Gasteiger partial charge on any atom is 0.119 e. The highest BCUT2D eigenvalue weighted by Crippen LogP contribution is 2.18. The van der Waals surface area contributed by atoms with Gasteiger partial charge in [-0.2, -0.15) is 0 Å². The second kappa shape index (κ2) is 6.92. The van der Waals surface area contributed by atoms with E-state index in [4.69, 9.17) is 10.5 Å². The summed E-state index contributed by atoms with van der Waals surface area (Å²) in [5.74, 6) is 0.859. The molecule has 0 fully saturated rings. The third-order valence-electron chi connectivity index (χ3n) is 3.13. The molecule has 2 aromatic rings. The van der Waals surface area contributed by atoms with E-state index in [1.54, 1.807) is 7.11 Å². The van der Waals surface area contributed by atoms with Crippen LogP contribution in [-0.4, -0.2) is 13.7 Å². The van der Waals surface area contributed by atoms with E-state index in [2.05, 4.69) is 23.5 Å². The molecule has 0 amide bonds. The molecule has 0 radical (unpaired) electrons. The van der Waals surface area contributed by atoms with Crippen molar-refractivity contribution in [1.82, 2.24) is 5.32 Å². The minimum absolute atomic E-state index is 0.135. The highest BCUT2D eigenvalue weighted by molar-refractivity contribution is 5.30. The van der Waals surface area contributed by atoms with Gasteiger partial charge in [-0.1, -0.05) is 42.5 Å². The SMILES string of the molecule is COc1cccc(C(CN)NCc2ccccc2)c1. The normalized spacial score (nSPS) is 12.1. The number of hydrogen-bond acceptors (Lipinski definition) is 3. The van der Waals surface area contributed by atoms with Crippen LogP contribution in [0, 0.1) is 0 Å². The molecule has 0 spiro atoms. The third-order valence-corrected chi connectivity index (χ3v) is 3.13. The van der Waals surface area contributed by atoms with E-state index >= 15 is 0 Å². The number of nitrogens with one attached hydrogen (secondary N) is 1. The van der Waals surface area contributed by atoms with Gasteiger partial charge in [0, 0.05) is 19.1 Å². The second-order valence-corrected chi connectivity index (χ2v) is 4.43. The summed E-state index contributed by atoms with van der Waals surface area (Å²) in [5, 5.41) is 3.47. The van der Waals surface area contributed by atoms with Crippen LogP contribution in [0.3, 0.4) is 0 Å². The van der Waals surface area contributed by atoms with Crippen LogP contribution in [0.25, 0.3) is 0 Å². The summed E-state index contributed by atoms with van der Waals surface area (Å²) in [6.07, 6.45) is 0. The molecular weight excluding hydrogens is 236 g/mol. The zero-order valence-electron chi connectivity index (χ0n) is 11.2. The molecule has 3 heteroatoms. The van der Waals surface area contributed by atoms with Crippen LogP contribution in [-0.2, 0) is 6.54 Å². The smallest absolute Gasteiger partial charge is 0.119 e. The van der Waals surface area contributed by atoms with Crippen molar-refractivity contribution >= 4 is 0 Å². The van der Waals surface area contributed by atoms with Gasteiger partial charge >= 0.3 is 0 Å². The summed E-state index contributed by atoms with van der Waals surface area (Å²) in [4.78, 5) is 0. The topological polar surface area (TPSA) is 47.3 Å². The first-order chi connectivity index (χ1) is 9.33. The van der Waals surface area contributed by atoms with E-state index in [0.29, 0.717) is 6.54 Å². The van der Waals surface area contributed by atoms with Gasteiger partial charge in [-0.3, -0.25) is 0 Å². The number of benzene rings is 2. The molecule has 0 saturated heterocycles. The predicted molar refractivity (Wildman–Crippen MR) is 78.1 cm³/mol. The molecule has 2 aromatic carbocycles. The van der Waals surface area contributed by atoms with Crippen LogP contribution in [0.1, 0.15) is 17.2 Å². The van der Waals surface area contributed by atoms with Gasteiger partial charge < -0.3 is 15.8 Å². The van der Waals surface area contributed by atoms with Gasteiger partial charge in [0.05, 0.1) is 7.11 Å². The molecule has 2 rings (SSSR count). The Kier molecular flexibility index (Phi) is 4.95. The number of hydrogen-bond donors (Lipinski definition) is 2. The lowest BCUT2D eigenvalue weighted by Crippen LogP contribution is -2.27. The Morgan fingerprint density at radius 2 is 1.89 bits per heavy atom. The fraction of sp³-hybridized carbons (Fsp3) is 0.250. The van der Waals surface area contributed by atoms with Crippen molar-refractivity contribution in [3.8, 4) is 5.75 Å². The standard InChI is InChI=1S/C16H20N2O/c1-19-15-9-5-8-14(10-15)16(11-17)18-12-13-6-3-2-4-7-13/h2-10,16,18H,11-12,17H2,1H3. The Morgan fingerprint density at radius 3 is 2.58 bits per heavy atom. The van der Waals surface area contributed by atoms with Crippen LogP contribution in [0.15, 0.2) is 54.6 Å². The summed E-state index contributed by atoms with van der Waals surface area (Å²) in [6, 6.07) is 18.5. The Morgan fingerprint density at radius 1 is 1.11 bits per heavy atom.